The first kappa shape index (κ1) is 15.7. The molecule has 5 nitrogen and oxygen atoms in total. The van der Waals surface area contributed by atoms with Crippen LogP contribution in [-0.4, -0.2) is 30.7 Å². The van der Waals surface area contributed by atoms with Crippen molar-refractivity contribution in [3.8, 4) is 5.75 Å². The maximum Gasteiger partial charge on any atom is 0.264 e. The van der Waals surface area contributed by atoms with Crippen molar-refractivity contribution in [2.45, 2.75) is 12.1 Å². The highest BCUT2D eigenvalue weighted by molar-refractivity contribution is 5.96. The molecule has 2 N–H and O–H groups in total. The Morgan fingerprint density at radius 3 is 2.52 bits per heavy atom. The Morgan fingerprint density at radius 1 is 1.12 bits per heavy atom. The van der Waals surface area contributed by atoms with Gasteiger partial charge in [0.15, 0.2) is 0 Å². The average molecular weight is 339 g/mol. The fourth-order valence-electron chi connectivity index (χ4n) is 3.31. The summed E-state index contributed by atoms with van der Waals surface area (Å²) in [6, 6.07) is 14.0. The number of ether oxygens (including phenoxy) is 1. The maximum atomic E-state index is 13.2. The van der Waals surface area contributed by atoms with Crippen LogP contribution < -0.4 is 15.5 Å². The summed E-state index contributed by atoms with van der Waals surface area (Å²) < 4.78 is 18.4. The lowest BCUT2D eigenvalue weighted by molar-refractivity contribution is -0.130. The summed E-state index contributed by atoms with van der Waals surface area (Å²) in [5.74, 6) is 0.434. The molecule has 1 saturated heterocycles. The zero-order chi connectivity index (χ0) is 17.4. The van der Waals surface area contributed by atoms with E-state index in [0.717, 1.165) is 22.6 Å². The van der Waals surface area contributed by atoms with Crippen LogP contribution in [0.5, 0.6) is 5.75 Å². The Balaban J connectivity index is 1.62. The molecule has 0 radical (unpaired) electrons. The highest BCUT2D eigenvalue weighted by atomic mass is 19.1. The average Bonchev–Trinajstić information content (AvgIpc) is 3.07. The van der Waals surface area contributed by atoms with Crippen LogP contribution in [0, 0.1) is 5.82 Å². The smallest absolute Gasteiger partial charge is 0.264 e. The molecule has 1 amide bonds. The van der Waals surface area contributed by atoms with E-state index in [4.69, 9.17) is 4.74 Å². The molecule has 2 atom stereocenters. The minimum absolute atomic E-state index is 0.0338. The molecule has 4 rings (SSSR count). The number of nitrogens with zero attached hydrogens (tertiary/aromatic N) is 1. The van der Waals surface area contributed by atoms with Gasteiger partial charge in [0.1, 0.15) is 17.7 Å². The molecule has 25 heavy (non-hydrogen) atoms. The summed E-state index contributed by atoms with van der Waals surface area (Å²) in [4.78, 5) is 12.5. The molecule has 2 aliphatic heterocycles. The third kappa shape index (κ3) is 2.85. The number of amides is 1. The predicted molar refractivity (Wildman–Crippen MR) is 91.9 cm³/mol. The second-order valence-corrected chi connectivity index (χ2v) is 6.10. The van der Waals surface area contributed by atoms with E-state index in [9.17, 15) is 9.18 Å². The van der Waals surface area contributed by atoms with Gasteiger partial charge >= 0.3 is 0 Å². The number of methoxy groups -OCH3 is 1. The largest absolute Gasteiger partial charge is 0.497 e. The Hall–Kier alpha value is -2.86. The Morgan fingerprint density at radius 2 is 1.84 bits per heavy atom. The number of rotatable bonds is 3. The molecule has 0 spiro atoms. The van der Waals surface area contributed by atoms with Crippen LogP contribution >= 0.6 is 0 Å². The molecule has 2 heterocycles. The molecule has 6 heteroatoms. The standard InChI is InChI=1S/C19H18FN3O2/c1-25-15-8-4-13(5-9-15)17-10-18(24)23-19(22-17)16(11-21-23)12-2-6-14(20)7-3-12/h2-10,16,19,21-22H,11H2,1H3. The van der Waals surface area contributed by atoms with Gasteiger partial charge in [-0.1, -0.05) is 12.1 Å². The minimum Gasteiger partial charge on any atom is -0.497 e. The molecular weight excluding hydrogens is 321 g/mol. The summed E-state index contributed by atoms with van der Waals surface area (Å²) >= 11 is 0. The first-order valence-electron chi connectivity index (χ1n) is 8.10. The minimum atomic E-state index is -0.266. The number of carbonyl (C=O) groups excluding carboxylic acids is 1. The van der Waals surface area contributed by atoms with Crippen LogP contribution in [0.3, 0.4) is 0 Å². The van der Waals surface area contributed by atoms with Gasteiger partial charge in [-0.25, -0.2) is 9.82 Å². The topological polar surface area (TPSA) is 53.6 Å². The molecule has 0 saturated carbocycles. The van der Waals surface area contributed by atoms with Gasteiger partial charge in [-0.15, -0.1) is 0 Å². The van der Waals surface area contributed by atoms with Gasteiger partial charge in [-0.2, -0.15) is 0 Å². The predicted octanol–water partition coefficient (Wildman–Crippen LogP) is 2.24. The van der Waals surface area contributed by atoms with Gasteiger partial charge in [-0.3, -0.25) is 9.80 Å². The summed E-state index contributed by atoms with van der Waals surface area (Å²) in [6.45, 7) is 0.610. The zero-order valence-corrected chi connectivity index (χ0v) is 13.7. The van der Waals surface area contributed by atoms with Crippen molar-refractivity contribution >= 4 is 11.6 Å². The second-order valence-electron chi connectivity index (χ2n) is 6.10. The summed E-state index contributed by atoms with van der Waals surface area (Å²) in [6.07, 6.45) is 1.36. The van der Waals surface area contributed by atoms with E-state index in [-0.39, 0.29) is 23.8 Å². The molecular formula is C19H18FN3O2. The van der Waals surface area contributed by atoms with E-state index < -0.39 is 0 Å². The quantitative estimate of drug-likeness (QED) is 0.900. The van der Waals surface area contributed by atoms with Crippen molar-refractivity contribution in [2.24, 2.45) is 0 Å². The number of hydrogen-bond acceptors (Lipinski definition) is 4. The van der Waals surface area contributed by atoms with Crippen molar-refractivity contribution in [3.05, 3.63) is 71.6 Å². The molecule has 0 bridgehead atoms. The Labute approximate surface area is 145 Å². The number of halogens is 1. The lowest BCUT2D eigenvalue weighted by Crippen LogP contribution is -2.52. The highest BCUT2D eigenvalue weighted by Gasteiger charge is 2.40. The van der Waals surface area contributed by atoms with Crippen LogP contribution in [0.1, 0.15) is 17.0 Å². The Kier molecular flexibility index (Phi) is 3.89. The molecule has 2 aliphatic rings. The van der Waals surface area contributed by atoms with E-state index in [1.807, 2.05) is 24.3 Å². The summed E-state index contributed by atoms with van der Waals surface area (Å²) in [5.41, 5.74) is 5.79. The zero-order valence-electron chi connectivity index (χ0n) is 13.7. The van der Waals surface area contributed by atoms with Gasteiger partial charge in [-0.05, 0) is 47.5 Å². The van der Waals surface area contributed by atoms with Gasteiger partial charge in [0.05, 0.1) is 7.11 Å². The molecule has 0 aromatic heterocycles. The van der Waals surface area contributed by atoms with Crippen molar-refractivity contribution in [1.29, 1.82) is 0 Å². The third-order valence-electron chi connectivity index (χ3n) is 4.65. The van der Waals surface area contributed by atoms with Crippen LogP contribution in [0.25, 0.3) is 5.70 Å². The number of nitrogens with one attached hydrogen (secondary N) is 2. The summed E-state index contributed by atoms with van der Waals surface area (Å²) in [7, 11) is 1.62. The molecule has 2 unspecified atom stereocenters. The normalized spacial score (nSPS) is 22.2. The fourth-order valence-corrected chi connectivity index (χ4v) is 3.31. The lowest BCUT2D eigenvalue weighted by Gasteiger charge is -2.33. The number of hydrazine groups is 1. The van der Waals surface area contributed by atoms with Crippen LogP contribution in [0.15, 0.2) is 54.6 Å². The van der Waals surface area contributed by atoms with Crippen molar-refractivity contribution in [1.82, 2.24) is 15.8 Å². The number of carbonyl (C=O) groups is 1. The number of hydrogen-bond donors (Lipinski definition) is 2. The van der Waals surface area contributed by atoms with Crippen LogP contribution in [0.2, 0.25) is 0 Å². The van der Waals surface area contributed by atoms with Crippen LogP contribution in [0.4, 0.5) is 4.39 Å². The first-order valence-corrected chi connectivity index (χ1v) is 8.10. The van der Waals surface area contributed by atoms with E-state index in [2.05, 4.69) is 10.7 Å². The molecule has 128 valence electrons. The molecule has 1 fully saturated rings. The van der Waals surface area contributed by atoms with Gasteiger partial charge < -0.3 is 10.1 Å². The molecule has 2 aromatic rings. The Bertz CT molecular complexity index is 818. The molecule has 2 aromatic carbocycles. The number of fused-ring (bicyclic) bond motifs is 1. The first-order chi connectivity index (χ1) is 12.2. The van der Waals surface area contributed by atoms with Crippen molar-refractivity contribution in [2.75, 3.05) is 13.7 Å². The van der Waals surface area contributed by atoms with Gasteiger partial charge in [0, 0.05) is 24.2 Å². The van der Waals surface area contributed by atoms with Crippen LogP contribution in [-0.2, 0) is 4.79 Å². The number of benzene rings is 2. The lowest BCUT2D eigenvalue weighted by atomic mass is 9.95. The van der Waals surface area contributed by atoms with Crippen molar-refractivity contribution in [3.63, 3.8) is 0 Å². The summed E-state index contributed by atoms with van der Waals surface area (Å²) in [5, 5.41) is 5.03. The van der Waals surface area contributed by atoms with E-state index in [1.165, 1.54) is 12.1 Å². The van der Waals surface area contributed by atoms with E-state index in [1.54, 1.807) is 30.3 Å². The highest BCUT2D eigenvalue weighted by Crippen LogP contribution is 2.31. The van der Waals surface area contributed by atoms with Gasteiger partial charge in [0.25, 0.3) is 5.91 Å². The third-order valence-corrected chi connectivity index (χ3v) is 4.65. The molecule has 0 aliphatic carbocycles. The monoisotopic (exact) mass is 339 g/mol. The maximum absolute atomic E-state index is 13.2. The van der Waals surface area contributed by atoms with E-state index in [0.29, 0.717) is 6.54 Å². The fraction of sp³-hybridized carbons (Fsp3) is 0.211. The van der Waals surface area contributed by atoms with Crippen molar-refractivity contribution < 1.29 is 13.9 Å². The van der Waals surface area contributed by atoms with Gasteiger partial charge in [0.2, 0.25) is 0 Å². The SMILES string of the molecule is COc1ccc(C2=CC(=O)N3NCC(c4ccc(F)cc4)C3N2)cc1. The van der Waals surface area contributed by atoms with E-state index >= 15 is 0 Å². The second kappa shape index (κ2) is 6.22.